The number of benzene rings is 2. The van der Waals surface area contributed by atoms with Crippen molar-refractivity contribution in [3.63, 3.8) is 0 Å². The molecule has 0 spiro atoms. The minimum atomic E-state index is -0.448. The molecule has 2 amide bonds. The third kappa shape index (κ3) is 7.67. The highest BCUT2D eigenvalue weighted by molar-refractivity contribution is 9.10. The molecule has 1 fully saturated rings. The summed E-state index contributed by atoms with van der Waals surface area (Å²) in [4.78, 5) is 24.0. The van der Waals surface area contributed by atoms with Gasteiger partial charge in [-0.25, -0.2) is 5.43 Å². The van der Waals surface area contributed by atoms with E-state index in [4.69, 9.17) is 9.47 Å². The van der Waals surface area contributed by atoms with E-state index in [0.717, 1.165) is 41.3 Å². The van der Waals surface area contributed by atoms with Gasteiger partial charge in [-0.1, -0.05) is 47.3 Å². The minimum absolute atomic E-state index is 0.185. The molecule has 32 heavy (non-hydrogen) atoms. The lowest BCUT2D eigenvalue weighted by Gasteiger charge is -2.22. The maximum atomic E-state index is 12.0. The van der Waals surface area contributed by atoms with Crippen LogP contribution in [0.5, 0.6) is 11.5 Å². The molecule has 0 saturated heterocycles. The summed E-state index contributed by atoms with van der Waals surface area (Å²) >= 11 is 3.41. The summed E-state index contributed by atoms with van der Waals surface area (Å²) in [6.07, 6.45) is 6.69. The van der Waals surface area contributed by atoms with Crippen LogP contribution in [0.15, 0.2) is 52.0 Å². The first-order valence-electron chi connectivity index (χ1n) is 10.7. The normalized spacial score (nSPS) is 14.2. The van der Waals surface area contributed by atoms with E-state index in [1.165, 1.54) is 12.6 Å². The second-order valence-corrected chi connectivity index (χ2v) is 8.61. The Kier molecular flexibility index (Phi) is 9.10. The number of hydrazone groups is 1. The zero-order valence-corrected chi connectivity index (χ0v) is 19.7. The fourth-order valence-corrected chi connectivity index (χ4v) is 3.78. The largest absolute Gasteiger partial charge is 0.493 e. The van der Waals surface area contributed by atoms with E-state index in [-0.39, 0.29) is 18.4 Å². The van der Waals surface area contributed by atoms with Gasteiger partial charge in [0.2, 0.25) is 11.8 Å². The molecule has 7 nitrogen and oxygen atoms in total. The van der Waals surface area contributed by atoms with Gasteiger partial charge in [-0.15, -0.1) is 0 Å². The quantitative estimate of drug-likeness (QED) is 0.304. The first kappa shape index (κ1) is 23.8. The van der Waals surface area contributed by atoms with Gasteiger partial charge in [0.25, 0.3) is 0 Å². The first-order chi connectivity index (χ1) is 15.5. The van der Waals surface area contributed by atoms with E-state index in [1.807, 2.05) is 30.3 Å². The number of halogens is 1. The Morgan fingerprint density at radius 1 is 1.06 bits per heavy atom. The van der Waals surface area contributed by atoms with Crippen LogP contribution < -0.4 is 20.2 Å². The van der Waals surface area contributed by atoms with Crippen LogP contribution in [-0.2, 0) is 16.2 Å². The lowest BCUT2D eigenvalue weighted by molar-refractivity contribution is -0.129. The van der Waals surface area contributed by atoms with Crippen molar-refractivity contribution in [2.24, 2.45) is 5.10 Å². The summed E-state index contributed by atoms with van der Waals surface area (Å²) in [7, 11) is 1.56. The average Bonchev–Trinajstić information content (AvgIpc) is 2.79. The Morgan fingerprint density at radius 2 is 1.81 bits per heavy atom. The van der Waals surface area contributed by atoms with Crippen LogP contribution in [0.25, 0.3) is 0 Å². The van der Waals surface area contributed by atoms with E-state index in [1.54, 1.807) is 19.2 Å². The molecule has 2 N–H and O–H groups in total. The zero-order chi connectivity index (χ0) is 22.8. The van der Waals surface area contributed by atoms with Gasteiger partial charge in [-0.2, -0.15) is 5.10 Å². The van der Waals surface area contributed by atoms with E-state index >= 15 is 0 Å². The predicted octanol–water partition coefficient (Wildman–Crippen LogP) is 4.33. The number of ether oxygens (including phenoxy) is 2. The zero-order valence-electron chi connectivity index (χ0n) is 18.1. The van der Waals surface area contributed by atoms with Gasteiger partial charge >= 0.3 is 0 Å². The number of carbonyl (C=O) groups is 2. The van der Waals surface area contributed by atoms with Crippen LogP contribution in [-0.4, -0.2) is 31.2 Å². The van der Waals surface area contributed by atoms with E-state index in [2.05, 4.69) is 31.8 Å². The molecule has 0 bridgehead atoms. The van der Waals surface area contributed by atoms with Crippen LogP contribution in [0, 0.1) is 0 Å². The summed E-state index contributed by atoms with van der Waals surface area (Å²) in [6, 6.07) is 13.4. The second-order valence-electron chi connectivity index (χ2n) is 7.70. The smallest absolute Gasteiger partial charge is 0.249 e. The molecule has 0 atom stereocenters. The van der Waals surface area contributed by atoms with Crippen molar-refractivity contribution >= 4 is 34.0 Å². The molecule has 1 aliphatic carbocycles. The maximum Gasteiger partial charge on any atom is 0.249 e. The topological polar surface area (TPSA) is 89.0 Å². The SMILES string of the molecule is COc1cc(/C=N/NC(=O)CC(=O)NC2CCCCC2)ccc1OCc1ccc(Br)cc1. The maximum absolute atomic E-state index is 12.0. The number of carbonyl (C=O) groups excluding carboxylic acids is 2. The van der Waals surface area contributed by atoms with Crippen molar-refractivity contribution in [3.05, 3.63) is 58.1 Å². The van der Waals surface area contributed by atoms with Gasteiger partial charge in [0.1, 0.15) is 13.0 Å². The lowest BCUT2D eigenvalue weighted by Crippen LogP contribution is -2.38. The van der Waals surface area contributed by atoms with Crippen LogP contribution in [0.1, 0.15) is 49.7 Å². The van der Waals surface area contributed by atoms with Crippen LogP contribution in [0.2, 0.25) is 0 Å². The van der Waals surface area contributed by atoms with Crippen LogP contribution in [0.3, 0.4) is 0 Å². The van der Waals surface area contributed by atoms with Crippen molar-refractivity contribution in [2.75, 3.05) is 7.11 Å². The van der Waals surface area contributed by atoms with Gasteiger partial charge in [0.15, 0.2) is 11.5 Å². The van der Waals surface area contributed by atoms with Gasteiger partial charge in [-0.05, 0) is 54.3 Å². The molecule has 2 aromatic rings. The van der Waals surface area contributed by atoms with E-state index in [0.29, 0.717) is 18.1 Å². The van der Waals surface area contributed by atoms with Gasteiger partial charge in [0, 0.05) is 10.5 Å². The molecule has 0 unspecified atom stereocenters. The third-order valence-corrected chi connectivity index (χ3v) is 5.72. The van der Waals surface area contributed by atoms with Crippen molar-refractivity contribution in [2.45, 2.75) is 51.2 Å². The van der Waals surface area contributed by atoms with Crippen LogP contribution in [0.4, 0.5) is 0 Å². The molecular weight excluding hydrogens is 474 g/mol. The molecule has 2 aromatic carbocycles. The Labute approximate surface area is 196 Å². The minimum Gasteiger partial charge on any atom is -0.493 e. The predicted molar refractivity (Wildman–Crippen MR) is 127 cm³/mol. The monoisotopic (exact) mass is 501 g/mol. The fraction of sp³-hybridized carbons (Fsp3) is 0.375. The number of rotatable bonds is 9. The summed E-state index contributed by atoms with van der Waals surface area (Å²) in [5.74, 6) is 0.453. The number of hydrogen-bond acceptors (Lipinski definition) is 5. The van der Waals surface area contributed by atoms with Crippen molar-refractivity contribution in [3.8, 4) is 11.5 Å². The summed E-state index contributed by atoms with van der Waals surface area (Å²) in [6.45, 7) is 0.413. The van der Waals surface area contributed by atoms with Gasteiger partial charge in [-0.3, -0.25) is 9.59 Å². The molecule has 0 aliphatic heterocycles. The number of methoxy groups -OCH3 is 1. The van der Waals surface area contributed by atoms with Gasteiger partial charge < -0.3 is 14.8 Å². The Bertz CT molecular complexity index is 941. The number of hydrogen-bond donors (Lipinski definition) is 2. The first-order valence-corrected chi connectivity index (χ1v) is 11.5. The van der Waals surface area contributed by atoms with Crippen molar-refractivity contribution in [1.29, 1.82) is 0 Å². The molecule has 1 saturated carbocycles. The molecule has 1 aliphatic rings. The lowest BCUT2D eigenvalue weighted by atomic mass is 9.95. The molecule has 0 radical (unpaired) electrons. The van der Waals surface area contributed by atoms with Crippen molar-refractivity contribution in [1.82, 2.24) is 10.7 Å². The summed E-state index contributed by atoms with van der Waals surface area (Å²) in [5.41, 5.74) is 4.16. The molecule has 0 aromatic heterocycles. The Hall–Kier alpha value is -2.87. The molecule has 0 heterocycles. The Morgan fingerprint density at radius 3 is 2.53 bits per heavy atom. The molecular formula is C24H28BrN3O4. The summed E-state index contributed by atoms with van der Waals surface area (Å²) < 4.78 is 12.3. The van der Waals surface area contributed by atoms with E-state index < -0.39 is 5.91 Å². The standard InChI is InChI=1S/C24H28BrN3O4/c1-31-22-13-18(9-12-21(22)32-16-17-7-10-19(25)11-8-17)15-26-28-24(30)14-23(29)27-20-5-3-2-4-6-20/h7-13,15,20H,2-6,14,16H2,1H3,(H,27,29)(H,28,30)/b26-15+. The number of amides is 2. The molecule has 8 heteroatoms. The third-order valence-electron chi connectivity index (χ3n) is 5.19. The average molecular weight is 502 g/mol. The Balaban J connectivity index is 1.47. The molecule has 170 valence electrons. The highest BCUT2D eigenvalue weighted by Gasteiger charge is 2.17. The van der Waals surface area contributed by atoms with Crippen molar-refractivity contribution < 1.29 is 19.1 Å². The second kappa shape index (κ2) is 12.2. The van der Waals surface area contributed by atoms with E-state index in [9.17, 15) is 9.59 Å². The number of nitrogens with one attached hydrogen (secondary N) is 2. The highest BCUT2D eigenvalue weighted by atomic mass is 79.9. The molecule has 3 rings (SSSR count). The van der Waals surface area contributed by atoms with Gasteiger partial charge in [0.05, 0.1) is 13.3 Å². The summed E-state index contributed by atoms with van der Waals surface area (Å²) in [5, 5.41) is 6.86. The number of nitrogens with zero attached hydrogens (tertiary/aromatic N) is 1. The fourth-order valence-electron chi connectivity index (χ4n) is 3.52. The van der Waals surface area contributed by atoms with Crippen LogP contribution >= 0.6 is 15.9 Å². The highest BCUT2D eigenvalue weighted by Crippen LogP contribution is 2.28.